The molecule has 0 bridgehead atoms. The van der Waals surface area contributed by atoms with Gasteiger partial charge in [-0.3, -0.25) is 9.59 Å². The van der Waals surface area contributed by atoms with Crippen molar-refractivity contribution in [2.24, 2.45) is 0 Å². The zero-order valence-corrected chi connectivity index (χ0v) is 13.7. The highest BCUT2D eigenvalue weighted by Gasteiger charge is 2.19. The van der Waals surface area contributed by atoms with Crippen LogP contribution < -0.4 is 14.2 Å². The summed E-state index contributed by atoms with van der Waals surface area (Å²) in [6.07, 6.45) is 0. The van der Waals surface area contributed by atoms with E-state index in [-0.39, 0.29) is 17.1 Å². The second kappa shape index (κ2) is 6.99. The lowest BCUT2D eigenvalue weighted by atomic mass is 10.0. The Kier molecular flexibility index (Phi) is 5.03. The lowest BCUT2D eigenvalue weighted by Gasteiger charge is -2.14. The van der Waals surface area contributed by atoms with E-state index >= 15 is 0 Å². The zero-order chi connectivity index (χ0) is 17.9. The molecule has 7 nitrogen and oxygen atoms in total. The first-order valence-corrected chi connectivity index (χ1v) is 6.97. The van der Waals surface area contributed by atoms with Crippen molar-refractivity contribution >= 4 is 28.7 Å². The van der Waals surface area contributed by atoms with E-state index in [0.717, 1.165) is 0 Å². The Hall–Kier alpha value is -3.09. The van der Waals surface area contributed by atoms with Crippen LogP contribution >= 0.6 is 0 Å². The first kappa shape index (κ1) is 17.3. The molecule has 126 valence electrons. The van der Waals surface area contributed by atoms with Gasteiger partial charge in [-0.1, -0.05) is 0 Å². The number of esters is 3. The van der Waals surface area contributed by atoms with Crippen LogP contribution in [0.25, 0.3) is 10.8 Å². The molecule has 0 fully saturated rings. The van der Waals surface area contributed by atoms with Gasteiger partial charge in [-0.25, -0.2) is 4.79 Å². The van der Waals surface area contributed by atoms with Crippen LogP contribution in [0.3, 0.4) is 0 Å². The minimum absolute atomic E-state index is 0.127. The van der Waals surface area contributed by atoms with E-state index in [1.165, 1.54) is 40.2 Å². The fourth-order valence-corrected chi connectivity index (χ4v) is 2.24. The Morgan fingerprint density at radius 3 is 2.04 bits per heavy atom. The van der Waals surface area contributed by atoms with Crippen molar-refractivity contribution in [3.63, 3.8) is 0 Å². The minimum atomic E-state index is -0.623. The summed E-state index contributed by atoms with van der Waals surface area (Å²) in [4.78, 5) is 34.6. The van der Waals surface area contributed by atoms with E-state index in [0.29, 0.717) is 16.5 Å². The number of methoxy groups -OCH3 is 2. The van der Waals surface area contributed by atoms with Crippen LogP contribution in [0.2, 0.25) is 0 Å². The molecule has 0 unspecified atom stereocenters. The maximum Gasteiger partial charge on any atom is 0.338 e. The molecule has 2 aromatic rings. The van der Waals surface area contributed by atoms with Gasteiger partial charge < -0.3 is 18.9 Å². The number of hydrogen-bond acceptors (Lipinski definition) is 7. The Labute approximate surface area is 138 Å². The quantitative estimate of drug-likeness (QED) is 0.628. The van der Waals surface area contributed by atoms with Crippen LogP contribution in [0.1, 0.15) is 24.2 Å². The van der Waals surface area contributed by atoms with Gasteiger partial charge in [0.25, 0.3) is 0 Å². The molecule has 0 aliphatic rings. The van der Waals surface area contributed by atoms with Gasteiger partial charge in [0.15, 0.2) is 11.5 Å². The average molecular weight is 332 g/mol. The summed E-state index contributed by atoms with van der Waals surface area (Å²) in [6, 6.07) is 6.08. The van der Waals surface area contributed by atoms with Crippen molar-refractivity contribution in [1.82, 2.24) is 0 Å². The third-order valence-electron chi connectivity index (χ3n) is 3.15. The molecule has 0 spiro atoms. The predicted octanol–water partition coefficient (Wildman–Crippen LogP) is 2.49. The van der Waals surface area contributed by atoms with E-state index in [9.17, 15) is 14.4 Å². The summed E-state index contributed by atoms with van der Waals surface area (Å²) < 4.78 is 20.3. The summed E-state index contributed by atoms with van der Waals surface area (Å²) in [7, 11) is 2.65. The topological polar surface area (TPSA) is 88.1 Å². The molecule has 0 saturated heterocycles. The highest BCUT2D eigenvalue weighted by molar-refractivity contribution is 6.03. The molecule has 2 rings (SSSR count). The number of carbonyl (C=O) groups excluding carboxylic acids is 3. The molecule has 0 saturated carbocycles. The molecule has 0 aliphatic heterocycles. The van der Waals surface area contributed by atoms with Crippen molar-refractivity contribution in [2.75, 3.05) is 14.2 Å². The molecule has 0 aromatic heterocycles. The van der Waals surface area contributed by atoms with Crippen LogP contribution in [0, 0.1) is 0 Å². The van der Waals surface area contributed by atoms with E-state index in [1.807, 2.05) is 0 Å². The molecule has 24 heavy (non-hydrogen) atoms. The van der Waals surface area contributed by atoms with Crippen LogP contribution in [0.5, 0.6) is 17.2 Å². The van der Waals surface area contributed by atoms with Crippen molar-refractivity contribution in [2.45, 2.75) is 13.8 Å². The van der Waals surface area contributed by atoms with E-state index in [1.54, 1.807) is 12.1 Å². The molecular formula is C17H16O7. The summed E-state index contributed by atoms with van der Waals surface area (Å²) in [5.74, 6) is -1.16. The number of hydrogen-bond donors (Lipinski definition) is 0. The van der Waals surface area contributed by atoms with Gasteiger partial charge in [0.1, 0.15) is 5.75 Å². The maximum atomic E-state index is 11.9. The fraction of sp³-hybridized carbons (Fsp3) is 0.235. The maximum absolute atomic E-state index is 11.9. The predicted molar refractivity (Wildman–Crippen MR) is 84.5 cm³/mol. The van der Waals surface area contributed by atoms with Gasteiger partial charge in [0, 0.05) is 24.6 Å². The number of fused-ring (bicyclic) bond motifs is 1. The first-order chi connectivity index (χ1) is 11.4. The molecule has 0 heterocycles. The number of rotatable bonds is 4. The van der Waals surface area contributed by atoms with Crippen LogP contribution in [-0.2, 0) is 14.3 Å². The molecule has 0 atom stereocenters. The van der Waals surface area contributed by atoms with Crippen molar-refractivity contribution in [1.29, 1.82) is 0 Å². The SMILES string of the molecule is COC(=O)c1cc(OC(C)=O)c2ccc(OC)c(OC(C)=O)c2c1. The first-order valence-electron chi connectivity index (χ1n) is 6.97. The minimum Gasteiger partial charge on any atom is -0.493 e. The number of carbonyl (C=O) groups is 3. The summed E-state index contributed by atoms with van der Waals surface area (Å²) in [6.45, 7) is 2.49. The molecule has 7 heteroatoms. The highest BCUT2D eigenvalue weighted by atomic mass is 16.6. The molecule has 0 amide bonds. The third-order valence-corrected chi connectivity index (χ3v) is 3.15. The summed E-state index contributed by atoms with van der Waals surface area (Å²) >= 11 is 0. The van der Waals surface area contributed by atoms with Gasteiger partial charge in [-0.05, 0) is 24.3 Å². The van der Waals surface area contributed by atoms with E-state index in [2.05, 4.69) is 0 Å². The summed E-state index contributed by atoms with van der Waals surface area (Å²) in [5.41, 5.74) is 0.142. The average Bonchev–Trinajstić information content (AvgIpc) is 2.53. The smallest absolute Gasteiger partial charge is 0.338 e. The molecule has 0 N–H and O–H groups in total. The van der Waals surface area contributed by atoms with E-state index in [4.69, 9.17) is 18.9 Å². The Balaban J connectivity index is 2.83. The molecule has 2 aromatic carbocycles. The second-order valence-electron chi connectivity index (χ2n) is 4.85. The normalized spacial score (nSPS) is 10.2. The molecule has 0 radical (unpaired) electrons. The standard InChI is InChI=1S/C17H16O7/c1-9(18)23-15-8-11(17(20)22-4)7-13-12(15)5-6-14(21-3)16(13)24-10(2)19/h5-8H,1-4H3. The van der Waals surface area contributed by atoms with Gasteiger partial charge >= 0.3 is 17.9 Å². The number of benzene rings is 2. The van der Waals surface area contributed by atoms with Crippen molar-refractivity contribution in [3.8, 4) is 17.2 Å². The van der Waals surface area contributed by atoms with Crippen molar-refractivity contribution in [3.05, 3.63) is 29.8 Å². The molecular weight excluding hydrogens is 316 g/mol. The fourth-order valence-electron chi connectivity index (χ4n) is 2.24. The summed E-state index contributed by atoms with van der Waals surface area (Å²) in [5, 5.41) is 0.860. The largest absolute Gasteiger partial charge is 0.493 e. The van der Waals surface area contributed by atoms with Crippen LogP contribution in [0.4, 0.5) is 0 Å². The van der Waals surface area contributed by atoms with E-state index < -0.39 is 17.9 Å². The lowest BCUT2D eigenvalue weighted by molar-refractivity contribution is -0.132. The zero-order valence-electron chi connectivity index (χ0n) is 13.7. The van der Waals surface area contributed by atoms with Gasteiger partial charge in [-0.2, -0.15) is 0 Å². The number of ether oxygens (including phenoxy) is 4. The monoisotopic (exact) mass is 332 g/mol. The van der Waals surface area contributed by atoms with Crippen LogP contribution in [0.15, 0.2) is 24.3 Å². The van der Waals surface area contributed by atoms with Gasteiger partial charge in [0.2, 0.25) is 0 Å². The van der Waals surface area contributed by atoms with Gasteiger partial charge in [0.05, 0.1) is 19.8 Å². The highest BCUT2D eigenvalue weighted by Crippen LogP contribution is 2.40. The van der Waals surface area contributed by atoms with Crippen LogP contribution in [-0.4, -0.2) is 32.1 Å². The van der Waals surface area contributed by atoms with Gasteiger partial charge in [-0.15, -0.1) is 0 Å². The Bertz CT molecular complexity index is 823. The lowest BCUT2D eigenvalue weighted by Crippen LogP contribution is -2.08. The molecule has 0 aliphatic carbocycles. The third kappa shape index (κ3) is 3.45. The van der Waals surface area contributed by atoms with Crippen molar-refractivity contribution < 1.29 is 33.3 Å². The Morgan fingerprint density at radius 1 is 0.833 bits per heavy atom. The second-order valence-corrected chi connectivity index (χ2v) is 4.85. The Morgan fingerprint density at radius 2 is 1.50 bits per heavy atom.